The van der Waals surface area contributed by atoms with Crippen molar-refractivity contribution in [3.8, 4) is 0 Å². The number of rotatable bonds is 2. The first kappa shape index (κ1) is 20.6. The topological polar surface area (TPSA) is 51.7 Å². The summed E-state index contributed by atoms with van der Waals surface area (Å²) in [4.78, 5) is 19.8. The largest absolute Gasteiger partial charge is 0.444 e. The van der Waals surface area contributed by atoms with Crippen molar-refractivity contribution in [2.45, 2.75) is 70.9 Å². The van der Waals surface area contributed by atoms with Crippen LogP contribution in [0.5, 0.6) is 0 Å². The minimum Gasteiger partial charge on any atom is -0.444 e. The van der Waals surface area contributed by atoms with Crippen LogP contribution < -0.4 is 0 Å². The summed E-state index contributed by atoms with van der Waals surface area (Å²) in [7, 11) is 0. The van der Waals surface area contributed by atoms with E-state index in [4.69, 9.17) is 14.5 Å². The van der Waals surface area contributed by atoms with Gasteiger partial charge in [0.2, 0.25) is 0 Å². The van der Waals surface area contributed by atoms with Crippen LogP contribution >= 0.6 is 11.3 Å². The molecule has 2 fully saturated rings. The Morgan fingerprint density at radius 3 is 2.69 bits per heavy atom. The average molecular weight is 417 g/mol. The Morgan fingerprint density at radius 2 is 1.97 bits per heavy atom. The molecule has 0 spiro atoms. The summed E-state index contributed by atoms with van der Waals surface area (Å²) in [6.07, 6.45) is 3.98. The van der Waals surface area contributed by atoms with Gasteiger partial charge < -0.3 is 14.4 Å². The molecule has 1 aromatic heterocycles. The maximum Gasteiger partial charge on any atom is 0.410 e. The molecule has 2 aliphatic rings. The van der Waals surface area contributed by atoms with Crippen molar-refractivity contribution in [2.75, 3.05) is 19.8 Å². The smallest absolute Gasteiger partial charge is 0.410 e. The number of aromatic nitrogens is 1. The fourth-order valence-electron chi connectivity index (χ4n) is 4.31. The monoisotopic (exact) mass is 416 g/mol. The third-order valence-electron chi connectivity index (χ3n) is 5.83. The second-order valence-electron chi connectivity index (χ2n) is 9.50. The van der Waals surface area contributed by atoms with E-state index in [1.165, 1.54) is 15.3 Å². The summed E-state index contributed by atoms with van der Waals surface area (Å²) in [6.45, 7) is 10.4. The molecule has 0 aliphatic carbocycles. The Bertz CT molecular complexity index is 867. The number of amides is 1. The van der Waals surface area contributed by atoms with Gasteiger partial charge in [0.15, 0.2) is 0 Å². The number of ether oxygens (including phenoxy) is 2. The number of carbonyl (C=O) groups is 1. The minimum atomic E-state index is -0.486. The van der Waals surface area contributed by atoms with Crippen molar-refractivity contribution in [1.29, 1.82) is 0 Å². The SMILES string of the molecule is C[C@H]1CCC(c2ccc3sc(C4CCOCC4)nc3c2)N(C(=O)OC(C)(C)C)C1. The summed E-state index contributed by atoms with van der Waals surface area (Å²) in [5, 5.41) is 1.22. The van der Waals surface area contributed by atoms with Gasteiger partial charge in [0.05, 0.1) is 21.3 Å². The zero-order valence-electron chi connectivity index (χ0n) is 17.9. The molecule has 0 radical (unpaired) electrons. The third kappa shape index (κ3) is 4.75. The van der Waals surface area contributed by atoms with Crippen LogP contribution in [0, 0.1) is 5.92 Å². The highest BCUT2D eigenvalue weighted by Crippen LogP contribution is 2.38. The highest BCUT2D eigenvalue weighted by Gasteiger charge is 2.34. The van der Waals surface area contributed by atoms with Gasteiger partial charge in [-0.1, -0.05) is 13.0 Å². The third-order valence-corrected chi connectivity index (χ3v) is 7.03. The number of benzene rings is 1. The molecule has 0 bridgehead atoms. The average Bonchev–Trinajstić information content (AvgIpc) is 3.10. The van der Waals surface area contributed by atoms with E-state index in [1.54, 1.807) is 11.3 Å². The Hall–Kier alpha value is -1.66. The van der Waals surface area contributed by atoms with Gasteiger partial charge in [-0.3, -0.25) is 0 Å². The fourth-order valence-corrected chi connectivity index (χ4v) is 5.43. The predicted octanol–water partition coefficient (Wildman–Crippen LogP) is 5.90. The molecular formula is C23H32N2O3S. The van der Waals surface area contributed by atoms with E-state index >= 15 is 0 Å². The molecule has 29 heavy (non-hydrogen) atoms. The number of hydrogen-bond acceptors (Lipinski definition) is 5. The molecule has 2 aromatic rings. The van der Waals surface area contributed by atoms with Crippen LogP contribution in [0.1, 0.15) is 75.9 Å². The van der Waals surface area contributed by atoms with Gasteiger partial charge in [-0.2, -0.15) is 0 Å². The van der Waals surface area contributed by atoms with Crippen molar-refractivity contribution < 1.29 is 14.3 Å². The van der Waals surface area contributed by atoms with Crippen molar-refractivity contribution in [1.82, 2.24) is 9.88 Å². The van der Waals surface area contributed by atoms with Gasteiger partial charge >= 0.3 is 6.09 Å². The molecule has 6 heteroatoms. The van der Waals surface area contributed by atoms with E-state index in [-0.39, 0.29) is 12.1 Å². The van der Waals surface area contributed by atoms with Gasteiger partial charge in [0, 0.05) is 25.7 Å². The van der Waals surface area contributed by atoms with Crippen LogP contribution in [0.15, 0.2) is 18.2 Å². The second kappa shape index (κ2) is 8.23. The van der Waals surface area contributed by atoms with Crippen molar-refractivity contribution in [3.05, 3.63) is 28.8 Å². The van der Waals surface area contributed by atoms with Crippen LogP contribution in [0.3, 0.4) is 0 Å². The van der Waals surface area contributed by atoms with Crippen molar-refractivity contribution in [3.63, 3.8) is 0 Å². The lowest BCUT2D eigenvalue weighted by atomic mass is 9.90. The molecule has 1 unspecified atom stereocenters. The summed E-state index contributed by atoms with van der Waals surface area (Å²) in [6, 6.07) is 6.59. The summed E-state index contributed by atoms with van der Waals surface area (Å²) in [5.74, 6) is 1.00. The van der Waals surface area contributed by atoms with Gasteiger partial charge in [-0.25, -0.2) is 9.78 Å². The first-order chi connectivity index (χ1) is 13.8. The van der Waals surface area contributed by atoms with Gasteiger partial charge in [-0.15, -0.1) is 11.3 Å². The maximum absolute atomic E-state index is 12.9. The van der Waals surface area contributed by atoms with E-state index in [9.17, 15) is 4.79 Å². The molecule has 3 heterocycles. The number of likely N-dealkylation sites (tertiary alicyclic amines) is 1. The van der Waals surface area contributed by atoms with Crippen LogP contribution in [0.2, 0.25) is 0 Å². The van der Waals surface area contributed by atoms with Gasteiger partial charge in [0.25, 0.3) is 0 Å². The lowest BCUT2D eigenvalue weighted by Crippen LogP contribution is -2.44. The van der Waals surface area contributed by atoms with E-state index in [0.29, 0.717) is 11.8 Å². The Morgan fingerprint density at radius 1 is 1.21 bits per heavy atom. The number of piperidine rings is 1. The van der Waals surface area contributed by atoms with Crippen LogP contribution in [0.4, 0.5) is 4.79 Å². The fraction of sp³-hybridized carbons (Fsp3) is 0.652. The molecule has 5 nitrogen and oxygen atoms in total. The second-order valence-corrected chi connectivity index (χ2v) is 10.6. The lowest BCUT2D eigenvalue weighted by Gasteiger charge is -2.39. The van der Waals surface area contributed by atoms with Crippen molar-refractivity contribution >= 4 is 27.6 Å². The molecular weight excluding hydrogens is 384 g/mol. The number of hydrogen-bond donors (Lipinski definition) is 0. The molecule has 2 aliphatic heterocycles. The van der Waals surface area contributed by atoms with Crippen LogP contribution in [-0.2, 0) is 9.47 Å². The highest BCUT2D eigenvalue weighted by atomic mass is 32.1. The Labute approximate surface area is 177 Å². The lowest BCUT2D eigenvalue weighted by molar-refractivity contribution is 0.00365. The van der Waals surface area contributed by atoms with Crippen LogP contribution in [-0.4, -0.2) is 41.3 Å². The first-order valence-electron chi connectivity index (χ1n) is 10.8. The zero-order valence-corrected chi connectivity index (χ0v) is 18.8. The first-order valence-corrected chi connectivity index (χ1v) is 11.6. The molecule has 2 saturated heterocycles. The number of fused-ring (bicyclic) bond motifs is 1. The molecule has 4 rings (SSSR count). The Balaban J connectivity index is 1.60. The summed E-state index contributed by atoms with van der Waals surface area (Å²) < 4.78 is 12.4. The van der Waals surface area contributed by atoms with E-state index in [0.717, 1.165) is 51.0 Å². The van der Waals surface area contributed by atoms with Gasteiger partial charge in [0.1, 0.15) is 5.60 Å². The van der Waals surface area contributed by atoms with E-state index in [1.807, 2.05) is 25.7 Å². The highest BCUT2D eigenvalue weighted by molar-refractivity contribution is 7.18. The summed E-state index contributed by atoms with van der Waals surface area (Å²) in [5.41, 5.74) is 1.73. The Kier molecular flexibility index (Phi) is 5.85. The quantitative estimate of drug-likeness (QED) is 0.612. The molecule has 158 valence electrons. The predicted molar refractivity (Wildman–Crippen MR) is 116 cm³/mol. The number of carbonyl (C=O) groups excluding carboxylic acids is 1. The van der Waals surface area contributed by atoms with Crippen molar-refractivity contribution in [2.24, 2.45) is 5.92 Å². The molecule has 0 N–H and O–H groups in total. The number of thiazole rings is 1. The van der Waals surface area contributed by atoms with E-state index < -0.39 is 5.60 Å². The zero-order chi connectivity index (χ0) is 20.6. The minimum absolute atomic E-state index is 0.0543. The number of nitrogens with zero attached hydrogens (tertiary/aromatic N) is 2. The van der Waals surface area contributed by atoms with Gasteiger partial charge in [-0.05, 0) is 70.1 Å². The molecule has 2 atom stereocenters. The van der Waals surface area contributed by atoms with Crippen LogP contribution in [0.25, 0.3) is 10.2 Å². The summed E-state index contributed by atoms with van der Waals surface area (Å²) >= 11 is 1.80. The molecule has 1 aromatic carbocycles. The van der Waals surface area contributed by atoms with E-state index in [2.05, 4.69) is 25.1 Å². The maximum atomic E-state index is 12.9. The normalized spacial score (nSPS) is 24.1. The standard InChI is InChI=1S/C23H32N2O3S/c1-15-5-7-19(25(14-15)22(26)28-23(2,3)4)17-6-8-20-18(13-17)24-21(29-20)16-9-11-27-12-10-16/h6,8,13,15-16,19H,5,7,9-12,14H2,1-4H3/t15-,19?/m0/s1. The molecule has 0 saturated carbocycles. The molecule has 1 amide bonds.